The van der Waals surface area contributed by atoms with E-state index in [-0.39, 0.29) is 5.83 Å². The lowest BCUT2D eigenvalue weighted by Crippen LogP contribution is -1.63. The Kier molecular flexibility index (Phi) is 4.23. The maximum atomic E-state index is 12.1. The first-order valence-electron chi connectivity index (χ1n) is 2.78. The van der Waals surface area contributed by atoms with E-state index in [4.69, 9.17) is 0 Å². The van der Waals surface area contributed by atoms with Gasteiger partial charge in [-0.3, -0.25) is 0 Å². The maximum absolute atomic E-state index is 12.1. The van der Waals surface area contributed by atoms with Gasteiger partial charge in [-0.2, -0.15) is 0 Å². The number of rotatable bonds is 2. The Balaban J connectivity index is 3.57. The van der Waals surface area contributed by atoms with Crippen LogP contribution in [0.15, 0.2) is 24.1 Å². The Morgan fingerprint density at radius 2 is 2.25 bits per heavy atom. The van der Waals surface area contributed by atoms with Gasteiger partial charge in [0.05, 0.1) is 5.83 Å². The smallest absolute Gasteiger partial charge is 0.0996 e. The van der Waals surface area contributed by atoms with E-state index < -0.39 is 0 Å². The van der Waals surface area contributed by atoms with Crippen LogP contribution in [-0.2, 0) is 0 Å². The molecule has 0 atom stereocenters. The third-order valence-corrected chi connectivity index (χ3v) is 0.807. The summed E-state index contributed by atoms with van der Waals surface area (Å²) in [6.45, 7) is 3.65. The van der Waals surface area contributed by atoms with Gasteiger partial charge in [0, 0.05) is 0 Å². The van der Waals surface area contributed by atoms with Crippen molar-refractivity contribution in [3.63, 3.8) is 0 Å². The molecule has 0 saturated carbocycles. The molecule has 0 unspecified atom stereocenters. The van der Waals surface area contributed by atoms with Crippen molar-refractivity contribution in [1.82, 2.24) is 0 Å². The molecule has 0 saturated heterocycles. The third kappa shape index (κ3) is 3.59. The van der Waals surface area contributed by atoms with Gasteiger partial charge in [0.2, 0.25) is 0 Å². The van der Waals surface area contributed by atoms with Crippen molar-refractivity contribution in [2.75, 3.05) is 0 Å². The van der Waals surface area contributed by atoms with Crippen LogP contribution in [0.3, 0.4) is 0 Å². The summed E-state index contributed by atoms with van der Waals surface area (Å²) in [5.41, 5.74) is 0. The molecule has 0 aromatic rings. The van der Waals surface area contributed by atoms with E-state index in [0.717, 1.165) is 0 Å². The monoisotopic (exact) mass is 114 g/mol. The number of allylic oxidation sites excluding steroid dienone is 4. The van der Waals surface area contributed by atoms with Gasteiger partial charge >= 0.3 is 0 Å². The largest absolute Gasteiger partial charge is 0.212 e. The molecule has 0 aromatic heterocycles. The van der Waals surface area contributed by atoms with E-state index in [1.54, 1.807) is 19.1 Å². The van der Waals surface area contributed by atoms with Gasteiger partial charge in [-0.05, 0) is 19.4 Å². The zero-order valence-corrected chi connectivity index (χ0v) is 5.32. The van der Waals surface area contributed by atoms with Crippen molar-refractivity contribution >= 4 is 0 Å². The summed E-state index contributed by atoms with van der Waals surface area (Å²) in [4.78, 5) is 0. The molecule has 1 heteroatoms. The van der Waals surface area contributed by atoms with Crippen LogP contribution in [0.25, 0.3) is 0 Å². The summed E-state index contributed by atoms with van der Waals surface area (Å²) < 4.78 is 12.1. The zero-order valence-electron chi connectivity index (χ0n) is 5.32. The Labute approximate surface area is 49.7 Å². The SMILES string of the molecule is C/C=C\C=C(\F)CC. The lowest BCUT2D eigenvalue weighted by molar-refractivity contribution is 0.604. The summed E-state index contributed by atoms with van der Waals surface area (Å²) >= 11 is 0. The molecular weight excluding hydrogens is 103 g/mol. The Hall–Kier alpha value is -0.590. The van der Waals surface area contributed by atoms with Gasteiger partial charge in [0.25, 0.3) is 0 Å². The predicted octanol–water partition coefficient (Wildman–Crippen LogP) is 2.83. The van der Waals surface area contributed by atoms with E-state index >= 15 is 0 Å². The van der Waals surface area contributed by atoms with Gasteiger partial charge in [0.1, 0.15) is 0 Å². The highest BCUT2D eigenvalue weighted by Crippen LogP contribution is 2.00. The summed E-state index contributed by atoms with van der Waals surface area (Å²) in [5, 5.41) is 0. The number of halogens is 1. The van der Waals surface area contributed by atoms with Gasteiger partial charge in [-0.15, -0.1) is 0 Å². The molecule has 0 fully saturated rings. The first kappa shape index (κ1) is 7.41. The van der Waals surface area contributed by atoms with Crippen molar-refractivity contribution in [2.24, 2.45) is 0 Å². The van der Waals surface area contributed by atoms with Gasteiger partial charge in [-0.1, -0.05) is 19.1 Å². The highest BCUT2D eigenvalue weighted by Gasteiger charge is 1.81. The van der Waals surface area contributed by atoms with E-state index in [9.17, 15) is 4.39 Å². The third-order valence-electron chi connectivity index (χ3n) is 0.807. The van der Waals surface area contributed by atoms with E-state index in [1.165, 1.54) is 6.08 Å². The molecule has 8 heavy (non-hydrogen) atoms. The van der Waals surface area contributed by atoms with Gasteiger partial charge in [0.15, 0.2) is 0 Å². The van der Waals surface area contributed by atoms with Crippen LogP contribution in [-0.4, -0.2) is 0 Å². The molecule has 0 radical (unpaired) electrons. The van der Waals surface area contributed by atoms with Crippen molar-refractivity contribution in [2.45, 2.75) is 20.3 Å². The highest BCUT2D eigenvalue weighted by atomic mass is 19.1. The van der Waals surface area contributed by atoms with Crippen LogP contribution in [0.2, 0.25) is 0 Å². The van der Waals surface area contributed by atoms with Gasteiger partial charge in [-0.25, -0.2) is 4.39 Å². The predicted molar refractivity (Wildman–Crippen MR) is 34.3 cm³/mol. The molecule has 0 N–H and O–H groups in total. The van der Waals surface area contributed by atoms with Crippen molar-refractivity contribution < 1.29 is 4.39 Å². The highest BCUT2D eigenvalue weighted by molar-refractivity contribution is 5.05. The Morgan fingerprint density at radius 1 is 1.62 bits per heavy atom. The van der Waals surface area contributed by atoms with Crippen LogP contribution >= 0.6 is 0 Å². The molecule has 0 aliphatic heterocycles. The van der Waals surface area contributed by atoms with Crippen molar-refractivity contribution in [3.05, 3.63) is 24.1 Å². The molecule has 0 heterocycles. The fourth-order valence-electron chi connectivity index (χ4n) is 0.318. The second-order valence-corrected chi connectivity index (χ2v) is 1.49. The van der Waals surface area contributed by atoms with Crippen LogP contribution in [0.1, 0.15) is 20.3 Å². The summed E-state index contributed by atoms with van der Waals surface area (Å²) in [6.07, 6.45) is 5.46. The molecule has 46 valence electrons. The van der Waals surface area contributed by atoms with E-state index in [1.807, 2.05) is 6.92 Å². The molecule has 0 rings (SSSR count). The topological polar surface area (TPSA) is 0 Å². The quantitative estimate of drug-likeness (QED) is 0.484. The summed E-state index contributed by atoms with van der Waals surface area (Å²) in [7, 11) is 0. The first-order chi connectivity index (χ1) is 3.81. The fraction of sp³-hybridized carbons (Fsp3) is 0.429. The first-order valence-corrected chi connectivity index (χ1v) is 2.78. The molecule has 0 amide bonds. The Morgan fingerprint density at radius 3 is 2.62 bits per heavy atom. The van der Waals surface area contributed by atoms with Crippen LogP contribution < -0.4 is 0 Å². The average Bonchev–Trinajstić information content (AvgIpc) is 1.83. The summed E-state index contributed by atoms with van der Waals surface area (Å²) in [6, 6.07) is 0. The van der Waals surface area contributed by atoms with E-state index in [2.05, 4.69) is 0 Å². The van der Waals surface area contributed by atoms with Crippen LogP contribution in [0, 0.1) is 0 Å². The lowest BCUT2D eigenvalue weighted by atomic mass is 10.3. The minimum Gasteiger partial charge on any atom is -0.212 e. The van der Waals surface area contributed by atoms with Crippen molar-refractivity contribution in [3.8, 4) is 0 Å². The van der Waals surface area contributed by atoms with Crippen molar-refractivity contribution in [1.29, 1.82) is 0 Å². The second-order valence-electron chi connectivity index (χ2n) is 1.49. The Bertz CT molecular complexity index is 101. The normalized spacial score (nSPS) is 13.1. The minimum atomic E-state index is -0.0666. The number of hydrogen-bond donors (Lipinski definition) is 0. The minimum absolute atomic E-state index is 0.0666. The molecule has 0 aromatic carbocycles. The summed E-state index contributed by atoms with van der Waals surface area (Å²) in [5.74, 6) is -0.0666. The molecule has 0 bridgehead atoms. The molecule has 0 nitrogen and oxygen atoms in total. The molecular formula is C7H11F. The lowest BCUT2D eigenvalue weighted by Gasteiger charge is -1.81. The average molecular weight is 114 g/mol. The fourth-order valence-corrected chi connectivity index (χ4v) is 0.318. The van der Waals surface area contributed by atoms with Gasteiger partial charge < -0.3 is 0 Å². The molecule has 0 aliphatic carbocycles. The standard InChI is InChI=1S/C7H11F/c1-3-5-6-7(8)4-2/h3,5-6H,4H2,1-2H3/b5-3-,7-6+. The van der Waals surface area contributed by atoms with E-state index in [0.29, 0.717) is 6.42 Å². The molecule has 0 aliphatic rings. The van der Waals surface area contributed by atoms with Crippen LogP contribution in [0.5, 0.6) is 0 Å². The zero-order chi connectivity index (χ0) is 6.41. The number of hydrogen-bond acceptors (Lipinski definition) is 0. The van der Waals surface area contributed by atoms with Crippen LogP contribution in [0.4, 0.5) is 4.39 Å². The molecule has 0 spiro atoms. The maximum Gasteiger partial charge on any atom is 0.0996 e. The second kappa shape index (κ2) is 4.57.